The van der Waals surface area contributed by atoms with Crippen LogP contribution in [0.2, 0.25) is 0 Å². The number of aromatic nitrogens is 2. The van der Waals surface area contributed by atoms with E-state index in [1.165, 1.54) is 6.33 Å². The highest BCUT2D eigenvalue weighted by molar-refractivity contribution is 5.81. The van der Waals surface area contributed by atoms with Gasteiger partial charge in [0.25, 0.3) is 0 Å². The molecule has 0 saturated carbocycles. The molecule has 1 atom stereocenters. The second kappa shape index (κ2) is 6.42. The molecule has 1 unspecified atom stereocenters. The second-order valence-electron chi connectivity index (χ2n) is 4.29. The molecule has 1 saturated heterocycles. The molecule has 6 nitrogen and oxygen atoms in total. The minimum absolute atomic E-state index is 0.121. The SMILES string of the molecule is CC(NCc1cncnc1)C(=O)N1CCOCC1. The molecule has 0 bridgehead atoms. The van der Waals surface area contributed by atoms with Gasteiger partial charge in [0.15, 0.2) is 0 Å². The normalized spacial score (nSPS) is 17.5. The van der Waals surface area contributed by atoms with Crippen molar-refractivity contribution in [3.8, 4) is 0 Å². The molecule has 18 heavy (non-hydrogen) atoms. The molecule has 6 heteroatoms. The summed E-state index contributed by atoms with van der Waals surface area (Å²) >= 11 is 0. The van der Waals surface area contributed by atoms with Crippen LogP contribution in [0.1, 0.15) is 12.5 Å². The van der Waals surface area contributed by atoms with E-state index in [0.29, 0.717) is 32.8 Å². The monoisotopic (exact) mass is 250 g/mol. The van der Waals surface area contributed by atoms with Crippen molar-refractivity contribution in [3.05, 3.63) is 24.3 Å². The van der Waals surface area contributed by atoms with Gasteiger partial charge in [0, 0.05) is 37.6 Å². The number of hydrogen-bond donors (Lipinski definition) is 1. The maximum Gasteiger partial charge on any atom is 0.239 e. The van der Waals surface area contributed by atoms with Gasteiger partial charge in [0.05, 0.1) is 19.3 Å². The number of ether oxygens (including phenoxy) is 1. The van der Waals surface area contributed by atoms with Crippen molar-refractivity contribution < 1.29 is 9.53 Å². The molecule has 1 N–H and O–H groups in total. The van der Waals surface area contributed by atoms with Crippen LogP contribution in [-0.4, -0.2) is 53.1 Å². The van der Waals surface area contributed by atoms with Crippen molar-refractivity contribution in [1.29, 1.82) is 0 Å². The highest BCUT2D eigenvalue weighted by Gasteiger charge is 2.21. The van der Waals surface area contributed by atoms with Gasteiger partial charge in [-0.1, -0.05) is 0 Å². The molecule has 1 amide bonds. The molecule has 1 aliphatic heterocycles. The van der Waals surface area contributed by atoms with Crippen LogP contribution >= 0.6 is 0 Å². The lowest BCUT2D eigenvalue weighted by Crippen LogP contribution is -2.49. The first-order chi connectivity index (χ1) is 8.77. The molecular weight excluding hydrogens is 232 g/mol. The van der Waals surface area contributed by atoms with Crippen LogP contribution in [0.5, 0.6) is 0 Å². The molecule has 1 aliphatic rings. The number of hydrogen-bond acceptors (Lipinski definition) is 5. The standard InChI is InChI=1S/C12H18N4O2/c1-10(12(17)16-2-4-18-5-3-16)15-8-11-6-13-9-14-7-11/h6-7,9-10,15H,2-5,8H2,1H3. The van der Waals surface area contributed by atoms with Crippen molar-refractivity contribution in [2.45, 2.75) is 19.5 Å². The average Bonchev–Trinajstić information content (AvgIpc) is 2.46. The Morgan fingerprint density at radius 2 is 2.11 bits per heavy atom. The zero-order valence-corrected chi connectivity index (χ0v) is 10.5. The summed E-state index contributed by atoms with van der Waals surface area (Å²) < 4.78 is 5.23. The van der Waals surface area contributed by atoms with E-state index in [1.54, 1.807) is 12.4 Å². The molecule has 1 fully saturated rings. The van der Waals surface area contributed by atoms with Crippen molar-refractivity contribution in [2.24, 2.45) is 0 Å². The fourth-order valence-corrected chi connectivity index (χ4v) is 1.84. The van der Waals surface area contributed by atoms with Gasteiger partial charge in [0.1, 0.15) is 6.33 Å². The van der Waals surface area contributed by atoms with Crippen molar-refractivity contribution in [3.63, 3.8) is 0 Å². The van der Waals surface area contributed by atoms with Gasteiger partial charge >= 0.3 is 0 Å². The maximum absolute atomic E-state index is 12.1. The van der Waals surface area contributed by atoms with Gasteiger partial charge in [-0.3, -0.25) is 4.79 Å². The number of carbonyl (C=O) groups excluding carboxylic acids is 1. The van der Waals surface area contributed by atoms with Gasteiger partial charge in [-0.2, -0.15) is 0 Å². The summed E-state index contributed by atoms with van der Waals surface area (Å²) in [5.41, 5.74) is 0.971. The largest absolute Gasteiger partial charge is 0.378 e. The number of morpholine rings is 1. The third-order valence-electron chi connectivity index (χ3n) is 2.92. The van der Waals surface area contributed by atoms with Gasteiger partial charge < -0.3 is 15.0 Å². The molecule has 0 aromatic carbocycles. The molecule has 2 heterocycles. The summed E-state index contributed by atoms with van der Waals surface area (Å²) in [5.74, 6) is 0.121. The number of amides is 1. The molecule has 1 aromatic rings. The average molecular weight is 250 g/mol. The van der Waals surface area contributed by atoms with E-state index >= 15 is 0 Å². The molecular formula is C12H18N4O2. The quantitative estimate of drug-likeness (QED) is 0.802. The zero-order chi connectivity index (χ0) is 12.8. The van der Waals surface area contributed by atoms with Gasteiger partial charge in [-0.05, 0) is 6.92 Å². The van der Waals surface area contributed by atoms with Crippen LogP contribution in [0.25, 0.3) is 0 Å². The molecule has 2 rings (SSSR count). The van der Waals surface area contributed by atoms with Crippen molar-refractivity contribution in [1.82, 2.24) is 20.2 Å². The number of nitrogens with one attached hydrogen (secondary N) is 1. The Labute approximate surface area is 106 Å². The predicted molar refractivity (Wildman–Crippen MR) is 65.7 cm³/mol. The highest BCUT2D eigenvalue weighted by atomic mass is 16.5. The lowest BCUT2D eigenvalue weighted by atomic mass is 10.2. The van der Waals surface area contributed by atoms with Crippen molar-refractivity contribution >= 4 is 5.91 Å². The third-order valence-corrected chi connectivity index (χ3v) is 2.92. The second-order valence-corrected chi connectivity index (χ2v) is 4.29. The predicted octanol–water partition coefficient (Wildman–Crippen LogP) is -0.186. The Kier molecular flexibility index (Phi) is 4.60. The van der Waals surface area contributed by atoms with E-state index in [4.69, 9.17) is 4.74 Å². The van der Waals surface area contributed by atoms with E-state index in [-0.39, 0.29) is 11.9 Å². The van der Waals surface area contributed by atoms with Crippen LogP contribution in [0, 0.1) is 0 Å². The van der Waals surface area contributed by atoms with Crippen LogP contribution in [0.3, 0.4) is 0 Å². The summed E-state index contributed by atoms with van der Waals surface area (Å²) in [4.78, 5) is 21.8. The summed E-state index contributed by atoms with van der Waals surface area (Å²) in [7, 11) is 0. The van der Waals surface area contributed by atoms with Crippen LogP contribution in [0.15, 0.2) is 18.7 Å². The minimum Gasteiger partial charge on any atom is -0.378 e. The van der Waals surface area contributed by atoms with Gasteiger partial charge in [-0.15, -0.1) is 0 Å². The summed E-state index contributed by atoms with van der Waals surface area (Å²) in [5, 5.41) is 3.18. The first-order valence-corrected chi connectivity index (χ1v) is 6.11. The maximum atomic E-state index is 12.1. The summed E-state index contributed by atoms with van der Waals surface area (Å²) in [6.07, 6.45) is 4.98. The Balaban J connectivity index is 1.80. The Morgan fingerprint density at radius 1 is 1.44 bits per heavy atom. The van der Waals surface area contributed by atoms with Crippen LogP contribution < -0.4 is 5.32 Å². The number of nitrogens with zero attached hydrogens (tertiary/aromatic N) is 3. The van der Waals surface area contributed by atoms with Gasteiger partial charge in [0.2, 0.25) is 5.91 Å². The van der Waals surface area contributed by atoms with Crippen LogP contribution in [0.4, 0.5) is 0 Å². The van der Waals surface area contributed by atoms with E-state index < -0.39 is 0 Å². The first-order valence-electron chi connectivity index (χ1n) is 6.11. The highest BCUT2D eigenvalue weighted by Crippen LogP contribution is 2.01. The topological polar surface area (TPSA) is 67.4 Å². The number of carbonyl (C=O) groups is 1. The van der Waals surface area contributed by atoms with Crippen LogP contribution in [-0.2, 0) is 16.1 Å². The lowest BCUT2D eigenvalue weighted by molar-refractivity contribution is -0.137. The summed E-state index contributed by atoms with van der Waals surface area (Å²) in [6.45, 7) is 5.09. The Bertz CT molecular complexity index is 379. The molecule has 0 spiro atoms. The lowest BCUT2D eigenvalue weighted by Gasteiger charge is -2.29. The van der Waals surface area contributed by atoms with Gasteiger partial charge in [-0.25, -0.2) is 9.97 Å². The Morgan fingerprint density at radius 3 is 2.78 bits per heavy atom. The molecule has 0 aliphatic carbocycles. The molecule has 1 aromatic heterocycles. The molecule has 0 radical (unpaired) electrons. The van der Waals surface area contributed by atoms with E-state index in [1.807, 2.05) is 11.8 Å². The van der Waals surface area contributed by atoms with E-state index in [0.717, 1.165) is 5.56 Å². The summed E-state index contributed by atoms with van der Waals surface area (Å²) in [6, 6.07) is -0.205. The zero-order valence-electron chi connectivity index (χ0n) is 10.5. The third kappa shape index (κ3) is 3.48. The number of rotatable bonds is 4. The fraction of sp³-hybridized carbons (Fsp3) is 0.583. The smallest absolute Gasteiger partial charge is 0.239 e. The van der Waals surface area contributed by atoms with Crippen molar-refractivity contribution in [2.75, 3.05) is 26.3 Å². The molecule has 98 valence electrons. The first kappa shape index (κ1) is 12.9. The van der Waals surface area contributed by atoms with E-state index in [9.17, 15) is 4.79 Å². The Hall–Kier alpha value is -1.53. The minimum atomic E-state index is -0.205. The van der Waals surface area contributed by atoms with E-state index in [2.05, 4.69) is 15.3 Å². The fourth-order valence-electron chi connectivity index (χ4n) is 1.84.